The maximum Gasteiger partial charge on any atom is 0.419 e. The zero-order valence-electron chi connectivity index (χ0n) is 31.4. The van der Waals surface area contributed by atoms with E-state index < -0.39 is 29.4 Å². The Labute approximate surface area is 327 Å². The molecule has 7 rings (SSSR count). The van der Waals surface area contributed by atoms with Crippen molar-refractivity contribution in [3.8, 4) is 11.8 Å². The second-order valence-corrected chi connectivity index (χ2v) is 15.2. The molecular weight excluding hydrogens is 746 g/mol. The first-order valence-corrected chi connectivity index (χ1v) is 19.4. The van der Waals surface area contributed by atoms with Gasteiger partial charge in [0.15, 0.2) is 5.69 Å². The van der Waals surface area contributed by atoms with Crippen molar-refractivity contribution in [3.63, 3.8) is 0 Å². The van der Waals surface area contributed by atoms with Gasteiger partial charge in [-0.2, -0.15) is 18.4 Å². The van der Waals surface area contributed by atoms with Gasteiger partial charge in [-0.15, -0.1) is 0 Å². The van der Waals surface area contributed by atoms with Gasteiger partial charge in [0.05, 0.1) is 29.3 Å². The van der Waals surface area contributed by atoms with E-state index in [1.165, 1.54) is 18.3 Å². The van der Waals surface area contributed by atoms with Crippen molar-refractivity contribution in [2.24, 2.45) is 11.8 Å². The standard InChI is InChI=1S/C40H45F4N9O4/c41-32-19-27(48-33-3-6-37(54)50-39(33)56)1-4-35(32)53-15-7-25(8-16-53)24-51-13-11-29(12-14-51)57-30-2-5-36(47-23-30)49-38(55)26-9-17-52(18-10-26)28-20-31(40(42,43)44)34(21-45)46-22-28/h1-2,4-5,19-20,22-23,25-26,29,33,48H,3,6-18,24H2,(H,47,49,55)(H,50,54,56). The summed E-state index contributed by atoms with van der Waals surface area (Å²) >= 11 is 0. The van der Waals surface area contributed by atoms with E-state index in [9.17, 15) is 27.6 Å². The van der Waals surface area contributed by atoms with Gasteiger partial charge in [-0.1, -0.05) is 0 Å². The van der Waals surface area contributed by atoms with Crippen molar-refractivity contribution in [3.05, 3.63) is 65.9 Å². The molecule has 0 aliphatic carbocycles. The molecule has 302 valence electrons. The van der Waals surface area contributed by atoms with Gasteiger partial charge < -0.3 is 30.1 Å². The second-order valence-electron chi connectivity index (χ2n) is 15.2. The molecule has 13 nitrogen and oxygen atoms in total. The number of hydrogen-bond acceptors (Lipinski definition) is 11. The number of pyridine rings is 2. The average Bonchev–Trinajstić information content (AvgIpc) is 3.20. The Kier molecular flexibility index (Phi) is 12.1. The molecule has 6 heterocycles. The lowest BCUT2D eigenvalue weighted by molar-refractivity contribution is -0.138. The summed E-state index contributed by atoms with van der Waals surface area (Å²) in [5.74, 6) is -0.0328. The summed E-state index contributed by atoms with van der Waals surface area (Å²) in [5.41, 5.74) is -0.405. The lowest BCUT2D eigenvalue weighted by Gasteiger charge is -2.38. The summed E-state index contributed by atoms with van der Waals surface area (Å²) in [4.78, 5) is 50.8. The van der Waals surface area contributed by atoms with Gasteiger partial charge >= 0.3 is 6.18 Å². The molecular formula is C40H45F4N9O4. The van der Waals surface area contributed by atoms with Crippen molar-refractivity contribution >= 4 is 40.6 Å². The van der Waals surface area contributed by atoms with E-state index in [1.807, 2.05) is 0 Å². The van der Waals surface area contributed by atoms with E-state index in [-0.39, 0.29) is 41.8 Å². The molecule has 4 aliphatic rings. The summed E-state index contributed by atoms with van der Waals surface area (Å²) in [7, 11) is 0. The van der Waals surface area contributed by atoms with Crippen LogP contribution in [0.25, 0.3) is 0 Å². The van der Waals surface area contributed by atoms with Crippen LogP contribution < -0.4 is 30.5 Å². The van der Waals surface area contributed by atoms with Gasteiger partial charge in [-0.25, -0.2) is 14.4 Å². The van der Waals surface area contributed by atoms with Crippen LogP contribution in [-0.2, 0) is 20.6 Å². The summed E-state index contributed by atoms with van der Waals surface area (Å²) in [6, 6.07) is 10.3. The highest BCUT2D eigenvalue weighted by Crippen LogP contribution is 2.35. The Morgan fingerprint density at radius 2 is 1.65 bits per heavy atom. The number of nitrogens with one attached hydrogen (secondary N) is 3. The van der Waals surface area contributed by atoms with Gasteiger partial charge in [0, 0.05) is 63.8 Å². The van der Waals surface area contributed by atoms with E-state index in [0.29, 0.717) is 61.2 Å². The number of benzene rings is 1. The Hall–Kier alpha value is -5.50. The fourth-order valence-corrected chi connectivity index (χ4v) is 8.09. The monoisotopic (exact) mass is 791 g/mol. The molecule has 1 aromatic carbocycles. The number of amides is 3. The van der Waals surface area contributed by atoms with E-state index in [1.54, 1.807) is 35.4 Å². The minimum Gasteiger partial charge on any atom is -0.489 e. The molecule has 0 spiro atoms. The smallest absolute Gasteiger partial charge is 0.419 e. The van der Waals surface area contributed by atoms with Crippen LogP contribution in [-0.4, -0.2) is 90.5 Å². The number of alkyl halides is 3. The highest BCUT2D eigenvalue weighted by Gasteiger charge is 2.36. The first-order chi connectivity index (χ1) is 27.4. The number of likely N-dealkylation sites (tertiary alicyclic amines) is 1. The van der Waals surface area contributed by atoms with E-state index in [0.717, 1.165) is 64.5 Å². The second kappa shape index (κ2) is 17.3. The van der Waals surface area contributed by atoms with Gasteiger partial charge in [0.2, 0.25) is 17.7 Å². The quantitative estimate of drug-likeness (QED) is 0.180. The Bertz CT molecular complexity index is 1970. The highest BCUT2D eigenvalue weighted by atomic mass is 19.4. The van der Waals surface area contributed by atoms with E-state index >= 15 is 4.39 Å². The maximum atomic E-state index is 15.1. The van der Waals surface area contributed by atoms with Gasteiger partial charge in [0.25, 0.3) is 0 Å². The highest BCUT2D eigenvalue weighted by molar-refractivity contribution is 6.01. The van der Waals surface area contributed by atoms with Crippen LogP contribution in [0, 0.1) is 29.0 Å². The topological polar surface area (TPSA) is 156 Å². The molecule has 3 N–H and O–H groups in total. The number of anilines is 4. The number of nitrogens with zero attached hydrogens (tertiary/aromatic N) is 6. The summed E-state index contributed by atoms with van der Waals surface area (Å²) in [6.07, 6.45) is 3.39. The van der Waals surface area contributed by atoms with Crippen molar-refractivity contribution in [1.29, 1.82) is 5.26 Å². The number of aromatic nitrogens is 2. The van der Waals surface area contributed by atoms with Crippen molar-refractivity contribution in [2.45, 2.75) is 69.7 Å². The van der Waals surface area contributed by atoms with Crippen molar-refractivity contribution < 1.29 is 36.7 Å². The van der Waals surface area contributed by atoms with E-state index in [4.69, 9.17) is 10.00 Å². The maximum absolute atomic E-state index is 15.1. The molecule has 1 unspecified atom stereocenters. The predicted octanol–water partition coefficient (Wildman–Crippen LogP) is 5.34. The van der Waals surface area contributed by atoms with Crippen LogP contribution in [0.15, 0.2) is 48.8 Å². The van der Waals surface area contributed by atoms with Crippen LogP contribution in [0.5, 0.6) is 5.75 Å². The summed E-state index contributed by atoms with van der Waals surface area (Å²) in [5, 5.41) is 17.2. The number of carbonyl (C=O) groups is 3. The molecule has 4 aliphatic heterocycles. The third-order valence-electron chi connectivity index (χ3n) is 11.3. The normalized spacial score (nSPS) is 20.5. The molecule has 4 fully saturated rings. The molecule has 17 heteroatoms. The van der Waals surface area contributed by atoms with Crippen molar-refractivity contribution in [2.75, 3.05) is 66.2 Å². The predicted molar refractivity (Wildman–Crippen MR) is 203 cm³/mol. The molecule has 0 radical (unpaired) electrons. The zero-order valence-corrected chi connectivity index (χ0v) is 31.4. The number of piperidine rings is 4. The number of ether oxygens (including phenoxy) is 1. The SMILES string of the molecule is N#Cc1ncc(N2CCC(C(=O)Nc3ccc(OC4CCN(CC5CCN(c6ccc(NC7CCC(=O)NC7=O)cc6F)CC5)CC4)cn3)CC2)cc1C(F)(F)F. The number of nitriles is 1. The minimum absolute atomic E-state index is 0.0458. The number of hydrogen-bond donors (Lipinski definition) is 3. The molecule has 0 bridgehead atoms. The Balaban J connectivity index is 0.796. The fourth-order valence-electron chi connectivity index (χ4n) is 8.09. The molecule has 57 heavy (non-hydrogen) atoms. The average molecular weight is 792 g/mol. The summed E-state index contributed by atoms with van der Waals surface area (Å²) in [6.45, 7) is 5.06. The largest absolute Gasteiger partial charge is 0.489 e. The van der Waals surface area contributed by atoms with Crippen LogP contribution in [0.4, 0.5) is 40.4 Å². The van der Waals surface area contributed by atoms with Gasteiger partial charge in [-0.3, -0.25) is 19.7 Å². The van der Waals surface area contributed by atoms with Crippen LogP contribution in [0.3, 0.4) is 0 Å². The lowest BCUT2D eigenvalue weighted by Crippen LogP contribution is -2.47. The Morgan fingerprint density at radius 1 is 0.912 bits per heavy atom. The number of imide groups is 1. The van der Waals surface area contributed by atoms with Gasteiger partial charge in [0.1, 0.15) is 35.6 Å². The molecule has 1 atom stereocenters. The molecule has 4 saturated heterocycles. The first kappa shape index (κ1) is 39.7. The molecule has 3 amide bonds. The van der Waals surface area contributed by atoms with Crippen LogP contribution in [0.2, 0.25) is 0 Å². The molecule has 0 saturated carbocycles. The zero-order chi connectivity index (χ0) is 40.1. The molecule has 2 aromatic heterocycles. The number of carbonyl (C=O) groups excluding carboxylic acids is 3. The van der Waals surface area contributed by atoms with Crippen LogP contribution >= 0.6 is 0 Å². The first-order valence-electron chi connectivity index (χ1n) is 19.4. The number of rotatable bonds is 10. The lowest BCUT2D eigenvalue weighted by atomic mass is 9.94. The Morgan fingerprint density at radius 3 is 2.30 bits per heavy atom. The molecule has 3 aromatic rings. The fraction of sp³-hybridized carbons (Fsp3) is 0.500. The minimum atomic E-state index is -4.69. The third kappa shape index (κ3) is 9.91. The van der Waals surface area contributed by atoms with Gasteiger partial charge in [-0.05, 0) is 87.3 Å². The number of halogens is 4. The van der Waals surface area contributed by atoms with Crippen LogP contribution in [0.1, 0.15) is 62.6 Å². The van der Waals surface area contributed by atoms with Crippen molar-refractivity contribution in [1.82, 2.24) is 20.2 Å². The van der Waals surface area contributed by atoms with E-state index in [2.05, 4.69) is 35.7 Å². The third-order valence-corrected chi connectivity index (χ3v) is 11.3. The summed E-state index contributed by atoms with van der Waals surface area (Å²) < 4.78 is 61.6.